The van der Waals surface area contributed by atoms with Gasteiger partial charge in [0, 0.05) is 19.5 Å². The number of aryl methyl sites for hydroxylation is 1. The lowest BCUT2D eigenvalue weighted by molar-refractivity contribution is -0.671. The molecule has 234 valence electrons. The number of nitrogens with zero attached hydrogens (tertiary/aromatic N) is 2. The molecule has 0 saturated carbocycles. The maximum Gasteiger partial charge on any atom is 0.673 e. The molecule has 0 aliphatic rings. The van der Waals surface area contributed by atoms with E-state index in [0.717, 1.165) is 37.1 Å². The Kier molecular flexibility index (Phi) is 15.2. The fraction of sp³-hybridized carbons (Fsp3) is 0.379. The maximum absolute atomic E-state index is 13.1. The van der Waals surface area contributed by atoms with Gasteiger partial charge in [-0.05, 0) is 41.7 Å². The molecule has 3 N–H and O–H groups in total. The fourth-order valence-electron chi connectivity index (χ4n) is 3.81. The number of halogens is 4. The Morgan fingerprint density at radius 2 is 1.65 bits per heavy atom. The van der Waals surface area contributed by atoms with E-state index in [-0.39, 0.29) is 31.3 Å². The highest BCUT2D eigenvalue weighted by Gasteiger charge is 2.21. The van der Waals surface area contributed by atoms with Gasteiger partial charge in [-0.2, -0.15) is 0 Å². The van der Waals surface area contributed by atoms with E-state index in [1.807, 2.05) is 72.8 Å². The highest BCUT2D eigenvalue weighted by atomic mass is 32.1. The van der Waals surface area contributed by atoms with Crippen LogP contribution in [0, 0.1) is 0 Å². The smallest absolute Gasteiger partial charge is 0.461 e. The highest BCUT2D eigenvalue weighted by molar-refractivity contribution is 7.80. The number of hydrogen-bond donors (Lipinski definition) is 3. The molecule has 1 aromatic heterocycles. The first kappa shape index (κ1) is 35.3. The molecule has 8 nitrogen and oxygen atoms in total. The molecule has 14 heteroatoms. The molecule has 0 saturated heterocycles. The summed E-state index contributed by atoms with van der Waals surface area (Å²) >= 11 is 5.38. The average Bonchev–Trinajstić information content (AvgIpc) is 3.37. The van der Waals surface area contributed by atoms with Gasteiger partial charge in [-0.25, -0.2) is 9.13 Å². The zero-order chi connectivity index (χ0) is 31.7. The summed E-state index contributed by atoms with van der Waals surface area (Å²) in [5.41, 5.74) is 3.08. The number of ether oxygens (including phenoxy) is 1. The van der Waals surface area contributed by atoms with Gasteiger partial charge in [-0.15, -0.1) is 0 Å². The normalized spacial score (nSPS) is 11.5. The van der Waals surface area contributed by atoms with Crippen molar-refractivity contribution >= 4 is 36.5 Å². The van der Waals surface area contributed by atoms with E-state index in [2.05, 4.69) is 39.6 Å². The monoisotopic (exact) mass is 623 g/mol. The molecule has 0 aliphatic carbocycles. The molecule has 1 amide bonds. The molecule has 0 unspecified atom stereocenters. The first-order valence-electron chi connectivity index (χ1n) is 13.9. The number of carbonyl (C=O) groups excluding carboxylic acids is 2. The van der Waals surface area contributed by atoms with Crippen LogP contribution in [0.2, 0.25) is 0 Å². The van der Waals surface area contributed by atoms with Crippen LogP contribution in [0.3, 0.4) is 0 Å². The molecule has 3 aromatic rings. The molecular weight excluding hydrogens is 585 g/mol. The minimum absolute atomic E-state index is 0.0986. The first-order chi connectivity index (χ1) is 20.4. The largest absolute Gasteiger partial charge is 0.673 e. The third kappa shape index (κ3) is 16.3. The van der Waals surface area contributed by atoms with E-state index < -0.39 is 13.3 Å². The van der Waals surface area contributed by atoms with Gasteiger partial charge >= 0.3 is 13.2 Å². The molecule has 1 atom stereocenters. The van der Waals surface area contributed by atoms with Crippen molar-refractivity contribution in [1.29, 1.82) is 0 Å². The van der Waals surface area contributed by atoms with Crippen LogP contribution in [0.1, 0.15) is 49.3 Å². The number of esters is 1. The fourth-order valence-corrected chi connectivity index (χ4v) is 4.05. The number of unbranched alkanes of at least 4 members (excludes halogenated alkanes) is 1. The first-order valence-corrected chi connectivity index (χ1v) is 14.3. The second-order valence-electron chi connectivity index (χ2n) is 9.77. The average molecular weight is 624 g/mol. The Balaban J connectivity index is 0.00000119. The SMILES string of the molecule is CCCCNC(=S)N[C@@H](CCC(=O)OCc1ccccc1)C(=O)NCc1ccc(Cn2cc[n+](C)c2)cc1.F[B-](F)(F)F. The van der Waals surface area contributed by atoms with Crippen molar-refractivity contribution in [2.75, 3.05) is 6.54 Å². The molecule has 0 bridgehead atoms. The van der Waals surface area contributed by atoms with Crippen LogP contribution in [0.5, 0.6) is 0 Å². The topological polar surface area (TPSA) is 88.3 Å². The number of thiocarbonyl (C=S) groups is 1. The van der Waals surface area contributed by atoms with Gasteiger partial charge in [0.05, 0.1) is 7.05 Å². The van der Waals surface area contributed by atoms with Crippen LogP contribution in [0.25, 0.3) is 0 Å². The summed E-state index contributed by atoms with van der Waals surface area (Å²) in [7, 11) is -4.01. The lowest BCUT2D eigenvalue weighted by Gasteiger charge is -2.20. The number of aromatic nitrogens is 2. The van der Waals surface area contributed by atoms with Gasteiger partial charge < -0.3 is 37.9 Å². The molecule has 0 spiro atoms. The van der Waals surface area contributed by atoms with Crippen LogP contribution in [-0.2, 0) is 41.1 Å². The van der Waals surface area contributed by atoms with Crippen molar-refractivity contribution < 1.29 is 36.2 Å². The van der Waals surface area contributed by atoms with Crippen LogP contribution < -0.4 is 20.5 Å². The number of amides is 1. The Hall–Kier alpha value is -3.94. The molecular formula is C29H38BF4N5O3S. The quantitative estimate of drug-likeness (QED) is 0.0616. The number of hydrogen-bond acceptors (Lipinski definition) is 4. The second-order valence-corrected chi connectivity index (χ2v) is 10.2. The molecule has 3 rings (SSSR count). The zero-order valence-corrected chi connectivity index (χ0v) is 25.1. The number of nitrogens with one attached hydrogen (secondary N) is 3. The van der Waals surface area contributed by atoms with Gasteiger partial charge in [-0.3, -0.25) is 9.59 Å². The van der Waals surface area contributed by atoms with E-state index in [0.29, 0.717) is 11.7 Å². The summed E-state index contributed by atoms with van der Waals surface area (Å²) in [6.45, 7) is 4.19. The molecule has 0 radical (unpaired) electrons. The molecule has 0 fully saturated rings. The molecule has 43 heavy (non-hydrogen) atoms. The second kappa shape index (κ2) is 18.6. The van der Waals surface area contributed by atoms with Gasteiger partial charge in [0.2, 0.25) is 12.2 Å². The number of rotatable bonds is 14. The van der Waals surface area contributed by atoms with Gasteiger partial charge in [-0.1, -0.05) is 67.9 Å². The minimum Gasteiger partial charge on any atom is -0.461 e. The summed E-state index contributed by atoms with van der Waals surface area (Å²) in [5.74, 6) is -0.574. The summed E-state index contributed by atoms with van der Waals surface area (Å²) in [5, 5.41) is 9.58. The van der Waals surface area contributed by atoms with Crippen molar-refractivity contribution in [3.8, 4) is 0 Å². The standard InChI is InChI=1S/C29H37N5O3S.BF4/c1-3-4-16-30-29(38)32-26(14-15-27(35)37-21-25-8-6-5-7-9-25)28(36)31-19-23-10-12-24(13-11-23)20-34-18-17-33(2)22-34;2-1(3,4)5/h5-13,17-18,22,26H,3-4,14-16,19-21H2,1-2H3,(H2-,30,31,32,36,38);/q;-1/p+1/t26-;/m0./s1. The Morgan fingerprint density at radius 1 is 1.00 bits per heavy atom. The summed E-state index contributed by atoms with van der Waals surface area (Å²) in [6, 6.07) is 17.0. The van der Waals surface area contributed by atoms with E-state index in [4.69, 9.17) is 17.0 Å². The number of benzene rings is 2. The summed E-state index contributed by atoms with van der Waals surface area (Å²) in [6.07, 6.45) is 8.44. The predicted octanol–water partition coefficient (Wildman–Crippen LogP) is 4.43. The van der Waals surface area contributed by atoms with Crippen molar-refractivity contribution in [2.45, 2.75) is 58.3 Å². The minimum atomic E-state index is -6.00. The predicted molar refractivity (Wildman–Crippen MR) is 161 cm³/mol. The van der Waals surface area contributed by atoms with Crippen LogP contribution in [0.4, 0.5) is 17.3 Å². The van der Waals surface area contributed by atoms with Crippen LogP contribution in [-0.4, -0.2) is 41.4 Å². The number of carbonyl (C=O) groups is 2. The number of imidazole rings is 1. The summed E-state index contributed by atoms with van der Waals surface area (Å²) < 4.78 is 48.5. The zero-order valence-electron chi connectivity index (χ0n) is 24.3. The lowest BCUT2D eigenvalue weighted by atomic mass is 10.1. The molecule has 2 aromatic carbocycles. The van der Waals surface area contributed by atoms with Crippen LogP contribution >= 0.6 is 12.2 Å². The highest BCUT2D eigenvalue weighted by Crippen LogP contribution is 2.09. The van der Waals surface area contributed by atoms with Gasteiger partial charge in [0.15, 0.2) is 5.11 Å². The Bertz CT molecular complexity index is 1270. The third-order valence-corrected chi connectivity index (χ3v) is 6.26. The van der Waals surface area contributed by atoms with Crippen molar-refractivity contribution in [3.05, 3.63) is 90.0 Å². The Morgan fingerprint density at radius 3 is 2.26 bits per heavy atom. The Labute approximate surface area is 254 Å². The van der Waals surface area contributed by atoms with Gasteiger partial charge in [0.1, 0.15) is 31.6 Å². The summed E-state index contributed by atoms with van der Waals surface area (Å²) in [4.78, 5) is 25.4. The lowest BCUT2D eigenvalue weighted by Crippen LogP contribution is -2.50. The van der Waals surface area contributed by atoms with E-state index >= 15 is 0 Å². The van der Waals surface area contributed by atoms with Crippen molar-refractivity contribution in [3.63, 3.8) is 0 Å². The maximum atomic E-state index is 13.1. The van der Waals surface area contributed by atoms with Crippen molar-refractivity contribution in [2.24, 2.45) is 7.05 Å². The molecule has 0 aliphatic heterocycles. The van der Waals surface area contributed by atoms with Gasteiger partial charge in [0.25, 0.3) is 0 Å². The van der Waals surface area contributed by atoms with Crippen LogP contribution in [0.15, 0.2) is 73.3 Å². The van der Waals surface area contributed by atoms with E-state index in [1.165, 1.54) is 5.56 Å². The van der Waals surface area contributed by atoms with Crippen molar-refractivity contribution in [1.82, 2.24) is 20.5 Å². The van der Waals surface area contributed by atoms with E-state index in [1.54, 1.807) is 0 Å². The van der Waals surface area contributed by atoms with E-state index in [9.17, 15) is 26.9 Å². The molecule has 1 heterocycles. The third-order valence-electron chi connectivity index (χ3n) is 6.00.